The Morgan fingerprint density at radius 1 is 1.25 bits per heavy atom. The zero-order valence-electron chi connectivity index (χ0n) is 8.33. The molecule has 1 aliphatic rings. The van der Waals surface area contributed by atoms with E-state index in [1.807, 2.05) is 36.4 Å². The largest absolute Gasteiger partial charge is 0.454 e. The third kappa shape index (κ3) is 1.28. The molecule has 3 rings (SSSR count). The van der Waals surface area contributed by atoms with Crippen molar-refractivity contribution in [1.82, 2.24) is 4.84 Å². The molecule has 0 saturated heterocycles. The van der Waals surface area contributed by atoms with E-state index in [1.54, 1.807) is 6.08 Å². The second-order valence-corrected chi connectivity index (χ2v) is 3.68. The third-order valence-corrected chi connectivity index (χ3v) is 2.76. The molecule has 0 saturated carbocycles. The van der Waals surface area contributed by atoms with E-state index < -0.39 is 0 Å². The first kappa shape index (κ1) is 9.34. The van der Waals surface area contributed by atoms with Gasteiger partial charge in [0.1, 0.15) is 5.58 Å². The monoisotopic (exact) mass is 229 g/mol. The first-order valence-electron chi connectivity index (χ1n) is 4.91. The van der Waals surface area contributed by atoms with Gasteiger partial charge in [0.15, 0.2) is 5.76 Å². The summed E-state index contributed by atoms with van der Waals surface area (Å²) in [5.41, 5.74) is 5.66. The van der Waals surface area contributed by atoms with E-state index in [2.05, 4.69) is 10.6 Å². The van der Waals surface area contributed by atoms with Crippen LogP contribution >= 0.6 is 11.8 Å². The van der Waals surface area contributed by atoms with Gasteiger partial charge in [0, 0.05) is 22.7 Å². The molecule has 0 radical (unpaired) electrons. The molecule has 0 atom stereocenters. The van der Waals surface area contributed by atoms with Gasteiger partial charge in [-0.3, -0.25) is 4.84 Å². The topological polar surface area (TPSA) is 25.2 Å². The van der Waals surface area contributed by atoms with Gasteiger partial charge in [-0.05, 0) is 24.3 Å². The molecule has 0 bridgehead atoms. The van der Waals surface area contributed by atoms with Crippen molar-refractivity contribution < 1.29 is 4.42 Å². The third-order valence-electron chi connectivity index (χ3n) is 2.55. The maximum Gasteiger partial charge on any atom is 0.160 e. The number of benzene rings is 1. The Morgan fingerprint density at radius 2 is 2.12 bits per heavy atom. The predicted octanol–water partition coefficient (Wildman–Crippen LogP) is 3.70. The molecule has 1 aromatic carbocycles. The number of allylic oxidation sites excluding steroid dienone is 2. The summed E-state index contributed by atoms with van der Waals surface area (Å²) in [6, 6.07) is 7.89. The Bertz CT molecular complexity index is 645. The highest BCUT2D eigenvalue weighted by molar-refractivity contribution is 6.18. The Kier molecular flexibility index (Phi) is 2.10. The number of para-hydroxylation sites is 1. The van der Waals surface area contributed by atoms with E-state index >= 15 is 0 Å². The predicted molar refractivity (Wildman–Crippen MR) is 65.7 cm³/mol. The second-order valence-electron chi connectivity index (χ2n) is 3.49. The van der Waals surface area contributed by atoms with Crippen LogP contribution in [0.3, 0.4) is 0 Å². The maximum atomic E-state index is 5.77. The first-order valence-corrected chi connectivity index (χ1v) is 5.29. The molecular weight excluding hydrogens is 222 g/mol. The van der Waals surface area contributed by atoms with Crippen LogP contribution in [0.1, 0.15) is 11.3 Å². The Hall–Kier alpha value is -1.89. The average Bonchev–Trinajstić information content (AvgIpc) is 2.56. The molecule has 0 unspecified atom stereocenters. The van der Waals surface area contributed by atoms with Crippen LogP contribution in [0.25, 0.3) is 22.7 Å². The summed E-state index contributed by atoms with van der Waals surface area (Å²) in [5.74, 6) is 0.748. The molecule has 0 fully saturated rings. The molecular formula is C13H8ClNO. The maximum absolute atomic E-state index is 5.77. The van der Waals surface area contributed by atoms with Crippen LogP contribution < -0.4 is 4.84 Å². The van der Waals surface area contributed by atoms with Crippen LogP contribution in [0.5, 0.6) is 0 Å². The normalized spacial score (nSPS) is 13.4. The molecule has 1 aliphatic carbocycles. The standard InChI is InChI=1S/C13H8ClNO/c14-15-11-7-3-1-6-10-9-5-2-4-8-12(9)16-13(10)11/h2-8,15H. The van der Waals surface area contributed by atoms with Gasteiger partial charge in [-0.15, -0.1) is 5.73 Å². The van der Waals surface area contributed by atoms with Crippen LogP contribution in [-0.4, -0.2) is 0 Å². The summed E-state index contributed by atoms with van der Waals surface area (Å²) in [5, 5.41) is 1.07. The van der Waals surface area contributed by atoms with Crippen molar-refractivity contribution in [2.45, 2.75) is 0 Å². The molecule has 2 nitrogen and oxygen atoms in total. The first-order chi connectivity index (χ1) is 7.90. The van der Waals surface area contributed by atoms with Crippen LogP contribution in [-0.2, 0) is 0 Å². The van der Waals surface area contributed by atoms with Gasteiger partial charge in [-0.25, -0.2) is 0 Å². The fourth-order valence-electron chi connectivity index (χ4n) is 1.82. The van der Waals surface area contributed by atoms with Crippen molar-refractivity contribution >= 4 is 34.5 Å². The average molecular weight is 230 g/mol. The minimum absolute atomic E-state index is 0.745. The summed E-state index contributed by atoms with van der Waals surface area (Å²) < 4.78 is 5.77. The van der Waals surface area contributed by atoms with E-state index in [-0.39, 0.29) is 0 Å². The summed E-state index contributed by atoms with van der Waals surface area (Å²) in [7, 11) is 0. The van der Waals surface area contributed by atoms with Crippen molar-refractivity contribution in [2.75, 3.05) is 0 Å². The van der Waals surface area contributed by atoms with Crippen molar-refractivity contribution in [3.63, 3.8) is 0 Å². The summed E-state index contributed by atoms with van der Waals surface area (Å²) in [6.07, 6.45) is 5.53. The summed E-state index contributed by atoms with van der Waals surface area (Å²) >= 11 is 5.67. The lowest BCUT2D eigenvalue weighted by Gasteiger charge is -1.99. The fourth-order valence-corrected chi connectivity index (χ4v) is 1.97. The Balaban J connectivity index is 2.40. The van der Waals surface area contributed by atoms with Crippen molar-refractivity contribution in [3.8, 4) is 0 Å². The van der Waals surface area contributed by atoms with Gasteiger partial charge in [0.25, 0.3) is 0 Å². The highest BCUT2D eigenvalue weighted by Crippen LogP contribution is 2.31. The molecule has 0 spiro atoms. The van der Waals surface area contributed by atoms with Gasteiger partial charge >= 0.3 is 0 Å². The van der Waals surface area contributed by atoms with Crippen LogP contribution in [0.2, 0.25) is 0 Å². The fraction of sp³-hybridized carbons (Fsp3) is 0. The van der Waals surface area contributed by atoms with E-state index in [0.717, 1.165) is 28.0 Å². The molecule has 1 N–H and O–H groups in total. The number of furan rings is 1. The zero-order chi connectivity index (χ0) is 11.0. The molecule has 16 heavy (non-hydrogen) atoms. The minimum atomic E-state index is 0.745. The van der Waals surface area contributed by atoms with Gasteiger partial charge < -0.3 is 4.42 Å². The highest BCUT2D eigenvalue weighted by Gasteiger charge is 2.15. The van der Waals surface area contributed by atoms with Gasteiger partial charge in [-0.2, -0.15) is 0 Å². The SMILES string of the molecule is ClNC1=CC=C=Cc2c1oc1ccccc21. The molecule has 1 heterocycles. The number of hydrogen-bond donors (Lipinski definition) is 1. The summed E-state index contributed by atoms with van der Waals surface area (Å²) in [4.78, 5) is 2.61. The van der Waals surface area contributed by atoms with Gasteiger partial charge in [-0.1, -0.05) is 18.2 Å². The molecule has 78 valence electrons. The van der Waals surface area contributed by atoms with Crippen LogP contribution in [0.4, 0.5) is 0 Å². The van der Waals surface area contributed by atoms with Gasteiger partial charge in [0.05, 0.1) is 5.70 Å². The van der Waals surface area contributed by atoms with E-state index in [4.69, 9.17) is 16.2 Å². The minimum Gasteiger partial charge on any atom is -0.454 e. The second kappa shape index (κ2) is 3.60. The van der Waals surface area contributed by atoms with Crippen molar-refractivity contribution in [2.24, 2.45) is 0 Å². The highest BCUT2D eigenvalue weighted by atomic mass is 35.5. The lowest BCUT2D eigenvalue weighted by atomic mass is 10.1. The number of rotatable bonds is 1. The summed E-state index contributed by atoms with van der Waals surface area (Å²) in [6.45, 7) is 0. The number of halogens is 1. The van der Waals surface area contributed by atoms with Gasteiger partial charge in [0.2, 0.25) is 0 Å². The lowest BCUT2D eigenvalue weighted by molar-refractivity contribution is 0.596. The van der Waals surface area contributed by atoms with Crippen LogP contribution in [0.15, 0.2) is 46.6 Å². The molecule has 0 aliphatic heterocycles. The van der Waals surface area contributed by atoms with Crippen molar-refractivity contribution in [1.29, 1.82) is 0 Å². The van der Waals surface area contributed by atoms with E-state index in [0.29, 0.717) is 0 Å². The Labute approximate surface area is 97.6 Å². The van der Waals surface area contributed by atoms with E-state index in [9.17, 15) is 0 Å². The lowest BCUT2D eigenvalue weighted by Crippen LogP contribution is -1.96. The quantitative estimate of drug-likeness (QED) is 0.596. The molecule has 3 heteroatoms. The molecule has 2 aromatic rings. The Morgan fingerprint density at radius 3 is 3.00 bits per heavy atom. The smallest absolute Gasteiger partial charge is 0.160 e. The molecule has 0 amide bonds. The number of hydrogen-bond acceptors (Lipinski definition) is 2. The number of nitrogens with one attached hydrogen (secondary N) is 1. The molecule has 1 aromatic heterocycles. The van der Waals surface area contributed by atoms with Crippen molar-refractivity contribution in [3.05, 3.63) is 53.5 Å². The van der Waals surface area contributed by atoms with E-state index in [1.165, 1.54) is 0 Å². The zero-order valence-corrected chi connectivity index (χ0v) is 9.08. The number of fused-ring (bicyclic) bond motifs is 3. The van der Waals surface area contributed by atoms with Crippen LogP contribution in [0, 0.1) is 0 Å².